The Bertz CT molecular complexity index is 721. The van der Waals surface area contributed by atoms with Crippen LogP contribution in [0.15, 0.2) is 42.3 Å². The molecule has 0 amide bonds. The number of phenolic OH excluding ortho intramolecular Hbond substituents is 1. The van der Waals surface area contributed by atoms with Gasteiger partial charge in [-0.15, -0.1) is 0 Å². The molecule has 0 aliphatic carbocycles. The second-order valence-electron chi connectivity index (χ2n) is 6.81. The van der Waals surface area contributed by atoms with Crippen LogP contribution in [-0.4, -0.2) is 29.4 Å². The van der Waals surface area contributed by atoms with Gasteiger partial charge in [0.1, 0.15) is 11.9 Å². The Hall–Kier alpha value is -2.20. The number of nitrogens with zero attached hydrogens (tertiary/aromatic N) is 1. The molecule has 3 aliphatic rings. The van der Waals surface area contributed by atoms with E-state index in [1.54, 1.807) is 0 Å². The Morgan fingerprint density at radius 3 is 2.83 bits per heavy atom. The SMILES string of the molecule is CCCc1c(C)cc(C2=CNC3C=C(C4COC4)C=CN23)cc1O. The molecule has 3 aliphatic heterocycles. The van der Waals surface area contributed by atoms with Crippen molar-refractivity contribution >= 4 is 5.70 Å². The molecule has 1 aromatic carbocycles. The molecule has 1 saturated heterocycles. The van der Waals surface area contributed by atoms with Crippen molar-refractivity contribution in [1.29, 1.82) is 0 Å². The summed E-state index contributed by atoms with van der Waals surface area (Å²) in [5.41, 5.74) is 5.71. The van der Waals surface area contributed by atoms with E-state index in [1.165, 1.54) is 5.57 Å². The van der Waals surface area contributed by atoms with E-state index >= 15 is 0 Å². The van der Waals surface area contributed by atoms with E-state index in [9.17, 15) is 5.11 Å². The van der Waals surface area contributed by atoms with Crippen LogP contribution in [0.2, 0.25) is 0 Å². The van der Waals surface area contributed by atoms with Crippen LogP contribution in [0.5, 0.6) is 5.75 Å². The Labute approximate surface area is 143 Å². The number of hydrogen-bond donors (Lipinski definition) is 2. The second kappa shape index (κ2) is 6.02. The number of allylic oxidation sites excluding steroid dienone is 1. The Kier molecular flexibility index (Phi) is 3.85. The molecule has 3 heterocycles. The molecule has 126 valence electrons. The van der Waals surface area contributed by atoms with Gasteiger partial charge in [0.05, 0.1) is 18.9 Å². The molecule has 1 aromatic rings. The lowest BCUT2D eigenvalue weighted by Crippen LogP contribution is -2.36. The van der Waals surface area contributed by atoms with Crippen LogP contribution >= 0.6 is 0 Å². The van der Waals surface area contributed by atoms with E-state index in [-0.39, 0.29) is 6.17 Å². The third-order valence-corrected chi connectivity index (χ3v) is 5.10. The van der Waals surface area contributed by atoms with E-state index in [1.807, 2.05) is 12.3 Å². The molecule has 0 aromatic heterocycles. The normalized spacial score (nSPS) is 22.6. The van der Waals surface area contributed by atoms with Crippen LogP contribution < -0.4 is 5.32 Å². The van der Waals surface area contributed by atoms with Gasteiger partial charge in [0.15, 0.2) is 0 Å². The summed E-state index contributed by atoms with van der Waals surface area (Å²) in [4.78, 5) is 2.22. The Morgan fingerprint density at radius 2 is 2.17 bits per heavy atom. The van der Waals surface area contributed by atoms with E-state index in [0.29, 0.717) is 11.7 Å². The van der Waals surface area contributed by atoms with Gasteiger partial charge < -0.3 is 20.1 Å². The number of ether oxygens (including phenoxy) is 1. The average Bonchev–Trinajstić information content (AvgIpc) is 2.92. The smallest absolute Gasteiger partial charge is 0.123 e. The first-order valence-electron chi connectivity index (χ1n) is 8.72. The number of aryl methyl sites for hydroxylation is 1. The lowest BCUT2D eigenvalue weighted by molar-refractivity contribution is -0.0122. The fraction of sp³-hybridized carbons (Fsp3) is 0.400. The minimum absolute atomic E-state index is 0.151. The van der Waals surface area contributed by atoms with Gasteiger partial charge in [-0.25, -0.2) is 0 Å². The molecule has 24 heavy (non-hydrogen) atoms. The van der Waals surface area contributed by atoms with Gasteiger partial charge in [0.25, 0.3) is 0 Å². The van der Waals surface area contributed by atoms with Crippen molar-refractivity contribution in [2.75, 3.05) is 13.2 Å². The first-order valence-corrected chi connectivity index (χ1v) is 8.72. The zero-order valence-electron chi connectivity index (χ0n) is 14.2. The lowest BCUT2D eigenvalue weighted by Gasteiger charge is -2.33. The van der Waals surface area contributed by atoms with Crippen molar-refractivity contribution in [2.45, 2.75) is 32.9 Å². The number of nitrogens with one attached hydrogen (secondary N) is 1. The quantitative estimate of drug-likeness (QED) is 0.892. The highest BCUT2D eigenvalue weighted by Gasteiger charge is 2.30. The highest BCUT2D eigenvalue weighted by Crippen LogP contribution is 2.35. The van der Waals surface area contributed by atoms with Gasteiger partial charge in [0.2, 0.25) is 0 Å². The molecular weight excluding hydrogens is 300 g/mol. The molecule has 0 bridgehead atoms. The van der Waals surface area contributed by atoms with Crippen molar-refractivity contribution in [2.24, 2.45) is 5.92 Å². The molecule has 2 N–H and O–H groups in total. The van der Waals surface area contributed by atoms with Crippen LogP contribution in [0.3, 0.4) is 0 Å². The van der Waals surface area contributed by atoms with Gasteiger partial charge in [-0.3, -0.25) is 0 Å². The topological polar surface area (TPSA) is 44.7 Å². The average molecular weight is 324 g/mol. The van der Waals surface area contributed by atoms with Crippen LogP contribution in [0.4, 0.5) is 0 Å². The Balaban J connectivity index is 1.58. The van der Waals surface area contributed by atoms with E-state index in [4.69, 9.17) is 4.74 Å². The summed E-state index contributed by atoms with van der Waals surface area (Å²) in [6, 6.07) is 4.06. The van der Waals surface area contributed by atoms with Crippen molar-refractivity contribution in [3.8, 4) is 5.75 Å². The summed E-state index contributed by atoms with van der Waals surface area (Å²) in [5.74, 6) is 0.939. The fourth-order valence-electron chi connectivity index (χ4n) is 3.63. The molecule has 4 heteroatoms. The minimum atomic E-state index is 0.151. The molecule has 4 nitrogen and oxygen atoms in total. The number of phenols is 1. The summed E-state index contributed by atoms with van der Waals surface area (Å²) in [7, 11) is 0. The van der Waals surface area contributed by atoms with Gasteiger partial charge in [-0.1, -0.05) is 13.3 Å². The zero-order chi connectivity index (χ0) is 16.7. The second-order valence-corrected chi connectivity index (χ2v) is 6.81. The number of aromatic hydroxyl groups is 1. The monoisotopic (exact) mass is 324 g/mol. The maximum Gasteiger partial charge on any atom is 0.123 e. The van der Waals surface area contributed by atoms with Crippen molar-refractivity contribution in [3.63, 3.8) is 0 Å². The number of benzene rings is 1. The van der Waals surface area contributed by atoms with Crippen molar-refractivity contribution in [3.05, 3.63) is 58.9 Å². The highest BCUT2D eigenvalue weighted by atomic mass is 16.5. The molecule has 0 spiro atoms. The largest absolute Gasteiger partial charge is 0.508 e. The molecule has 0 saturated carbocycles. The van der Waals surface area contributed by atoms with Crippen LogP contribution in [0.1, 0.15) is 30.0 Å². The predicted molar refractivity (Wildman–Crippen MR) is 95.1 cm³/mol. The molecule has 1 fully saturated rings. The lowest BCUT2D eigenvalue weighted by atomic mass is 9.94. The summed E-state index contributed by atoms with van der Waals surface area (Å²) in [6.45, 7) is 5.87. The number of hydrogen-bond acceptors (Lipinski definition) is 4. The fourth-order valence-corrected chi connectivity index (χ4v) is 3.63. The third kappa shape index (κ3) is 2.51. The van der Waals surface area contributed by atoms with E-state index in [2.05, 4.69) is 48.5 Å². The summed E-state index contributed by atoms with van der Waals surface area (Å²) in [5, 5.41) is 13.8. The van der Waals surface area contributed by atoms with Crippen LogP contribution in [0.25, 0.3) is 5.70 Å². The standard InChI is InChI=1S/C20H24N2O2/c1-3-4-17-13(2)7-15(8-19(17)23)18-10-21-20-9-14(5-6-22(18)20)16-11-24-12-16/h5-10,16,20-21,23H,3-4,11-12H2,1-2H3. The molecule has 1 atom stereocenters. The van der Waals surface area contributed by atoms with E-state index < -0.39 is 0 Å². The van der Waals surface area contributed by atoms with Gasteiger partial charge >= 0.3 is 0 Å². The predicted octanol–water partition coefficient (Wildman–Crippen LogP) is 3.28. The number of rotatable bonds is 4. The van der Waals surface area contributed by atoms with Crippen molar-refractivity contribution in [1.82, 2.24) is 10.2 Å². The molecule has 1 unspecified atom stereocenters. The van der Waals surface area contributed by atoms with Crippen molar-refractivity contribution < 1.29 is 9.84 Å². The summed E-state index contributed by atoms with van der Waals surface area (Å²) < 4.78 is 5.30. The summed E-state index contributed by atoms with van der Waals surface area (Å²) in [6.07, 6.45) is 10.7. The first-order chi connectivity index (χ1) is 11.7. The maximum absolute atomic E-state index is 10.4. The Morgan fingerprint density at radius 1 is 1.33 bits per heavy atom. The van der Waals surface area contributed by atoms with E-state index in [0.717, 1.165) is 48.4 Å². The molecular formula is C20H24N2O2. The van der Waals surface area contributed by atoms with Gasteiger partial charge in [-0.2, -0.15) is 0 Å². The van der Waals surface area contributed by atoms with Gasteiger partial charge in [-0.05, 0) is 54.3 Å². The highest BCUT2D eigenvalue weighted by molar-refractivity contribution is 5.70. The maximum atomic E-state index is 10.4. The minimum Gasteiger partial charge on any atom is -0.508 e. The third-order valence-electron chi connectivity index (χ3n) is 5.10. The number of fused-ring (bicyclic) bond motifs is 1. The molecule has 4 rings (SSSR count). The molecule has 0 radical (unpaired) electrons. The zero-order valence-corrected chi connectivity index (χ0v) is 14.2. The summed E-state index contributed by atoms with van der Waals surface area (Å²) >= 11 is 0. The van der Waals surface area contributed by atoms with Gasteiger partial charge in [0, 0.05) is 23.9 Å². The van der Waals surface area contributed by atoms with Crippen LogP contribution in [-0.2, 0) is 11.2 Å². The first kappa shape index (κ1) is 15.3. The van der Waals surface area contributed by atoms with Crippen LogP contribution in [0, 0.1) is 12.8 Å².